The minimum absolute atomic E-state index is 0.258. The molecule has 1 heterocycles. The SMILES string of the molecule is CC(C)(C)[C@H]1C[C@H](N)CO1. The molecule has 2 atom stereocenters. The molecule has 1 saturated heterocycles. The Balaban J connectivity index is 2.45. The molecule has 0 bridgehead atoms. The van der Waals surface area contributed by atoms with Crippen molar-refractivity contribution in [2.75, 3.05) is 6.61 Å². The van der Waals surface area contributed by atoms with Crippen molar-refractivity contribution in [1.29, 1.82) is 0 Å². The quantitative estimate of drug-likeness (QED) is 0.552. The summed E-state index contributed by atoms with van der Waals surface area (Å²) < 4.78 is 5.50. The van der Waals surface area contributed by atoms with Crippen LogP contribution >= 0.6 is 0 Å². The first kappa shape index (κ1) is 8.02. The van der Waals surface area contributed by atoms with Gasteiger partial charge in [-0.25, -0.2) is 0 Å². The van der Waals surface area contributed by atoms with Crippen LogP contribution in [0.15, 0.2) is 0 Å². The zero-order valence-electron chi connectivity index (χ0n) is 7.05. The van der Waals surface area contributed by atoms with Crippen LogP contribution in [0, 0.1) is 5.41 Å². The first-order chi connectivity index (χ1) is 4.50. The summed E-state index contributed by atoms with van der Waals surface area (Å²) in [7, 11) is 0. The lowest BCUT2D eigenvalue weighted by molar-refractivity contribution is 0.0286. The van der Waals surface area contributed by atoms with Gasteiger partial charge in [-0.05, 0) is 11.8 Å². The van der Waals surface area contributed by atoms with Crippen molar-refractivity contribution in [2.24, 2.45) is 11.1 Å². The lowest BCUT2D eigenvalue weighted by atomic mass is 9.87. The molecule has 0 unspecified atom stereocenters. The fraction of sp³-hybridized carbons (Fsp3) is 1.00. The summed E-state index contributed by atoms with van der Waals surface area (Å²) >= 11 is 0. The number of ether oxygens (including phenoxy) is 1. The fourth-order valence-electron chi connectivity index (χ4n) is 1.25. The van der Waals surface area contributed by atoms with E-state index < -0.39 is 0 Å². The van der Waals surface area contributed by atoms with Crippen molar-refractivity contribution in [3.05, 3.63) is 0 Å². The lowest BCUT2D eigenvalue weighted by Gasteiger charge is -2.25. The van der Waals surface area contributed by atoms with E-state index in [1.807, 2.05) is 0 Å². The van der Waals surface area contributed by atoms with Crippen LogP contribution in [0.2, 0.25) is 0 Å². The maximum atomic E-state index is 5.70. The van der Waals surface area contributed by atoms with Crippen molar-refractivity contribution < 1.29 is 4.74 Å². The maximum absolute atomic E-state index is 5.70. The van der Waals surface area contributed by atoms with Gasteiger partial charge in [-0.1, -0.05) is 20.8 Å². The van der Waals surface area contributed by atoms with Crippen LogP contribution in [0.5, 0.6) is 0 Å². The van der Waals surface area contributed by atoms with Crippen molar-refractivity contribution in [3.8, 4) is 0 Å². The van der Waals surface area contributed by atoms with Gasteiger partial charge in [0.25, 0.3) is 0 Å². The molecule has 1 aliphatic heterocycles. The first-order valence-corrected chi connectivity index (χ1v) is 3.87. The zero-order chi connectivity index (χ0) is 7.78. The molecule has 0 spiro atoms. The highest BCUT2D eigenvalue weighted by atomic mass is 16.5. The second-order valence-electron chi connectivity index (χ2n) is 4.18. The molecule has 0 aromatic rings. The summed E-state index contributed by atoms with van der Waals surface area (Å²) in [6.45, 7) is 7.31. The number of nitrogens with two attached hydrogens (primary N) is 1. The molecule has 0 aromatic carbocycles. The van der Waals surface area contributed by atoms with Crippen LogP contribution in [-0.4, -0.2) is 18.8 Å². The number of hydrogen-bond acceptors (Lipinski definition) is 2. The van der Waals surface area contributed by atoms with Crippen LogP contribution in [0.4, 0.5) is 0 Å². The van der Waals surface area contributed by atoms with Gasteiger partial charge in [0, 0.05) is 6.04 Å². The Kier molecular flexibility index (Phi) is 2.02. The standard InChI is InChI=1S/C8H17NO/c1-8(2,3)7-4-6(9)5-10-7/h6-7H,4-5,9H2,1-3H3/t6-,7+/m0/s1. The molecule has 0 aliphatic carbocycles. The van der Waals surface area contributed by atoms with Gasteiger partial charge in [-0.2, -0.15) is 0 Å². The molecule has 2 N–H and O–H groups in total. The van der Waals surface area contributed by atoms with Gasteiger partial charge < -0.3 is 10.5 Å². The summed E-state index contributed by atoms with van der Waals surface area (Å²) in [5.74, 6) is 0. The first-order valence-electron chi connectivity index (χ1n) is 3.87. The van der Waals surface area contributed by atoms with Crippen LogP contribution < -0.4 is 5.73 Å². The van der Waals surface area contributed by atoms with E-state index in [9.17, 15) is 0 Å². The van der Waals surface area contributed by atoms with Crippen LogP contribution in [0.3, 0.4) is 0 Å². The minimum Gasteiger partial charge on any atom is -0.376 e. The van der Waals surface area contributed by atoms with Gasteiger partial charge in [0.15, 0.2) is 0 Å². The van der Waals surface area contributed by atoms with E-state index in [2.05, 4.69) is 20.8 Å². The monoisotopic (exact) mass is 143 g/mol. The van der Waals surface area contributed by atoms with Gasteiger partial charge in [0.2, 0.25) is 0 Å². The Bertz CT molecular complexity index is 117. The predicted molar refractivity (Wildman–Crippen MR) is 41.8 cm³/mol. The molecule has 0 amide bonds. The summed E-state index contributed by atoms with van der Waals surface area (Å²) in [6.07, 6.45) is 1.38. The van der Waals surface area contributed by atoms with Gasteiger partial charge >= 0.3 is 0 Å². The average molecular weight is 143 g/mol. The molecule has 0 aromatic heterocycles. The largest absolute Gasteiger partial charge is 0.376 e. The molecule has 2 heteroatoms. The summed E-state index contributed by atoms with van der Waals surface area (Å²) in [6, 6.07) is 0.268. The average Bonchev–Trinajstić information content (AvgIpc) is 2.11. The molecule has 0 saturated carbocycles. The van der Waals surface area contributed by atoms with E-state index in [-0.39, 0.29) is 11.5 Å². The van der Waals surface area contributed by atoms with E-state index in [1.54, 1.807) is 0 Å². The smallest absolute Gasteiger partial charge is 0.0639 e. The van der Waals surface area contributed by atoms with Crippen molar-refractivity contribution in [2.45, 2.75) is 39.3 Å². The molecule has 60 valence electrons. The highest BCUT2D eigenvalue weighted by Gasteiger charge is 2.32. The molecule has 2 nitrogen and oxygen atoms in total. The van der Waals surface area contributed by atoms with E-state index in [4.69, 9.17) is 10.5 Å². The highest BCUT2D eigenvalue weighted by molar-refractivity contribution is 4.83. The molecule has 0 radical (unpaired) electrons. The Morgan fingerprint density at radius 2 is 2.00 bits per heavy atom. The van der Waals surface area contributed by atoms with Crippen molar-refractivity contribution >= 4 is 0 Å². The highest BCUT2D eigenvalue weighted by Crippen LogP contribution is 2.29. The summed E-state index contributed by atoms with van der Waals surface area (Å²) in [5.41, 5.74) is 5.95. The van der Waals surface area contributed by atoms with Crippen LogP contribution in [-0.2, 0) is 4.74 Å². The Labute approximate surface area is 62.7 Å². The van der Waals surface area contributed by atoms with Crippen molar-refractivity contribution in [3.63, 3.8) is 0 Å². The lowest BCUT2D eigenvalue weighted by Crippen LogP contribution is -2.26. The van der Waals surface area contributed by atoms with Crippen LogP contribution in [0.1, 0.15) is 27.2 Å². The zero-order valence-corrected chi connectivity index (χ0v) is 7.05. The Morgan fingerprint density at radius 1 is 1.40 bits per heavy atom. The molecule has 1 rings (SSSR count). The molecular formula is C8H17NO. The van der Waals surface area contributed by atoms with Gasteiger partial charge in [-0.15, -0.1) is 0 Å². The summed E-state index contributed by atoms with van der Waals surface area (Å²) in [4.78, 5) is 0. The molecule has 10 heavy (non-hydrogen) atoms. The molecular weight excluding hydrogens is 126 g/mol. The number of rotatable bonds is 0. The summed E-state index contributed by atoms with van der Waals surface area (Å²) in [5, 5.41) is 0. The van der Waals surface area contributed by atoms with Gasteiger partial charge in [0.1, 0.15) is 0 Å². The van der Waals surface area contributed by atoms with Crippen molar-refractivity contribution in [1.82, 2.24) is 0 Å². The third kappa shape index (κ3) is 1.70. The Morgan fingerprint density at radius 3 is 2.20 bits per heavy atom. The van der Waals surface area contributed by atoms with E-state index in [0.717, 1.165) is 13.0 Å². The second-order valence-corrected chi connectivity index (χ2v) is 4.18. The maximum Gasteiger partial charge on any atom is 0.0639 e. The van der Waals surface area contributed by atoms with E-state index in [1.165, 1.54) is 0 Å². The second kappa shape index (κ2) is 2.51. The van der Waals surface area contributed by atoms with E-state index in [0.29, 0.717) is 6.10 Å². The third-order valence-electron chi connectivity index (χ3n) is 1.99. The predicted octanol–water partition coefficient (Wildman–Crippen LogP) is 1.15. The van der Waals surface area contributed by atoms with Gasteiger partial charge in [-0.3, -0.25) is 0 Å². The fourth-order valence-corrected chi connectivity index (χ4v) is 1.25. The third-order valence-corrected chi connectivity index (χ3v) is 1.99. The van der Waals surface area contributed by atoms with Crippen LogP contribution in [0.25, 0.3) is 0 Å². The molecule has 1 aliphatic rings. The topological polar surface area (TPSA) is 35.2 Å². The van der Waals surface area contributed by atoms with Gasteiger partial charge in [0.05, 0.1) is 12.7 Å². The minimum atomic E-state index is 0.258. The molecule has 1 fully saturated rings. The Hall–Kier alpha value is -0.0800. The number of hydrogen-bond donors (Lipinski definition) is 1. The van der Waals surface area contributed by atoms with E-state index >= 15 is 0 Å². The normalized spacial score (nSPS) is 34.8.